The molecule has 1 atom stereocenters. The number of hydrogen-bond acceptors (Lipinski definition) is 4. The zero-order valence-electron chi connectivity index (χ0n) is 8.08. The first-order valence-electron chi connectivity index (χ1n) is 4.79. The third-order valence-corrected chi connectivity index (χ3v) is 3.32. The number of aromatic nitrogens is 2. The highest BCUT2D eigenvalue weighted by molar-refractivity contribution is 7.15. The van der Waals surface area contributed by atoms with Crippen LogP contribution in [-0.2, 0) is 0 Å². The van der Waals surface area contributed by atoms with E-state index in [4.69, 9.17) is 0 Å². The Hall–Kier alpha value is -0.640. The quantitative estimate of drug-likeness (QED) is 0.805. The average molecular weight is 197 g/mol. The molecule has 1 heterocycles. The summed E-state index contributed by atoms with van der Waals surface area (Å²) in [6.45, 7) is 5.32. The Morgan fingerprint density at radius 2 is 2.31 bits per heavy atom. The van der Waals surface area contributed by atoms with Crippen molar-refractivity contribution in [3.63, 3.8) is 0 Å². The second kappa shape index (κ2) is 3.62. The fraction of sp³-hybridized carbons (Fsp3) is 0.778. The van der Waals surface area contributed by atoms with Crippen LogP contribution < -0.4 is 5.32 Å². The maximum absolute atomic E-state index is 4.02. The predicted molar refractivity (Wildman–Crippen MR) is 55.0 cm³/mol. The number of anilines is 1. The summed E-state index contributed by atoms with van der Waals surface area (Å²) in [6, 6.07) is 0. The molecule has 0 bridgehead atoms. The molecule has 1 aliphatic carbocycles. The van der Waals surface area contributed by atoms with Crippen LogP contribution in [0.4, 0.5) is 5.13 Å². The first kappa shape index (κ1) is 8.94. The molecule has 1 unspecified atom stereocenters. The van der Waals surface area contributed by atoms with Gasteiger partial charge in [0.05, 0.1) is 0 Å². The lowest BCUT2D eigenvalue weighted by Gasteiger charge is -2.09. The molecule has 2 rings (SSSR count). The van der Waals surface area contributed by atoms with Gasteiger partial charge in [-0.2, -0.15) is 0 Å². The highest BCUT2D eigenvalue weighted by atomic mass is 32.1. The van der Waals surface area contributed by atoms with Crippen LogP contribution in [0, 0.1) is 18.8 Å². The van der Waals surface area contributed by atoms with Crippen LogP contribution in [0.1, 0.15) is 24.8 Å². The van der Waals surface area contributed by atoms with E-state index in [0.717, 1.165) is 28.5 Å². The maximum atomic E-state index is 4.02. The first-order chi connectivity index (χ1) is 6.25. The lowest BCUT2D eigenvalue weighted by molar-refractivity contribution is 0.536. The molecule has 4 heteroatoms. The molecule has 1 aliphatic rings. The van der Waals surface area contributed by atoms with Crippen molar-refractivity contribution in [2.75, 3.05) is 11.9 Å². The third-order valence-electron chi connectivity index (χ3n) is 2.53. The minimum Gasteiger partial charge on any atom is -0.360 e. The van der Waals surface area contributed by atoms with Gasteiger partial charge in [-0.15, -0.1) is 10.2 Å². The molecule has 1 N–H and O–H groups in total. The van der Waals surface area contributed by atoms with Gasteiger partial charge in [-0.05, 0) is 31.6 Å². The minimum absolute atomic E-state index is 0.782. The highest BCUT2D eigenvalue weighted by Gasteiger charge is 2.27. The van der Waals surface area contributed by atoms with Gasteiger partial charge >= 0.3 is 0 Å². The molecule has 1 aromatic rings. The zero-order chi connectivity index (χ0) is 9.26. The number of nitrogens with zero attached hydrogens (tertiary/aromatic N) is 2. The molecule has 1 saturated carbocycles. The van der Waals surface area contributed by atoms with Gasteiger partial charge in [-0.1, -0.05) is 18.3 Å². The largest absolute Gasteiger partial charge is 0.360 e. The van der Waals surface area contributed by atoms with E-state index in [0.29, 0.717) is 0 Å². The summed E-state index contributed by atoms with van der Waals surface area (Å²) < 4.78 is 0. The van der Waals surface area contributed by atoms with E-state index >= 15 is 0 Å². The molecule has 1 fully saturated rings. The monoisotopic (exact) mass is 197 g/mol. The number of rotatable bonds is 4. The van der Waals surface area contributed by atoms with Crippen LogP contribution in [-0.4, -0.2) is 16.7 Å². The van der Waals surface area contributed by atoms with Crippen molar-refractivity contribution >= 4 is 16.5 Å². The van der Waals surface area contributed by atoms with E-state index < -0.39 is 0 Å². The van der Waals surface area contributed by atoms with Crippen LogP contribution >= 0.6 is 11.3 Å². The van der Waals surface area contributed by atoms with Crippen molar-refractivity contribution in [3.05, 3.63) is 5.01 Å². The molecule has 0 saturated heterocycles. The second-order valence-corrected chi connectivity index (χ2v) is 5.00. The summed E-state index contributed by atoms with van der Waals surface area (Å²) >= 11 is 1.63. The summed E-state index contributed by atoms with van der Waals surface area (Å²) in [4.78, 5) is 0. The Bertz CT molecular complexity index is 280. The molecule has 0 spiro atoms. The lowest BCUT2D eigenvalue weighted by atomic mass is 10.1. The molecule has 0 aliphatic heterocycles. The smallest absolute Gasteiger partial charge is 0.205 e. The van der Waals surface area contributed by atoms with Crippen molar-refractivity contribution < 1.29 is 0 Å². The Kier molecular flexibility index (Phi) is 2.49. The SMILES string of the molecule is Cc1nnc(NCC(C)C2CC2)s1. The fourth-order valence-corrected chi connectivity index (χ4v) is 2.05. The Morgan fingerprint density at radius 3 is 2.85 bits per heavy atom. The van der Waals surface area contributed by atoms with E-state index in [-0.39, 0.29) is 0 Å². The minimum atomic E-state index is 0.782. The fourth-order valence-electron chi connectivity index (χ4n) is 1.45. The van der Waals surface area contributed by atoms with E-state index in [1.165, 1.54) is 12.8 Å². The van der Waals surface area contributed by atoms with Gasteiger partial charge in [0.25, 0.3) is 0 Å². The molecule has 13 heavy (non-hydrogen) atoms. The summed E-state index contributed by atoms with van der Waals surface area (Å²) in [5.74, 6) is 1.74. The van der Waals surface area contributed by atoms with Crippen molar-refractivity contribution in [1.29, 1.82) is 0 Å². The van der Waals surface area contributed by atoms with Gasteiger partial charge in [-0.25, -0.2) is 0 Å². The van der Waals surface area contributed by atoms with E-state index in [9.17, 15) is 0 Å². The van der Waals surface area contributed by atoms with E-state index in [2.05, 4.69) is 22.4 Å². The lowest BCUT2D eigenvalue weighted by Crippen LogP contribution is -2.12. The van der Waals surface area contributed by atoms with Gasteiger partial charge in [0.2, 0.25) is 5.13 Å². The maximum Gasteiger partial charge on any atom is 0.205 e. The molecular weight excluding hydrogens is 182 g/mol. The van der Waals surface area contributed by atoms with Crippen molar-refractivity contribution in [1.82, 2.24) is 10.2 Å². The van der Waals surface area contributed by atoms with Crippen LogP contribution in [0.2, 0.25) is 0 Å². The third kappa shape index (κ3) is 2.40. The first-order valence-corrected chi connectivity index (χ1v) is 5.61. The molecule has 72 valence electrons. The van der Waals surface area contributed by atoms with E-state index in [1.54, 1.807) is 11.3 Å². The van der Waals surface area contributed by atoms with Crippen LogP contribution in [0.15, 0.2) is 0 Å². The summed E-state index contributed by atoms with van der Waals surface area (Å²) in [6.07, 6.45) is 2.83. The van der Waals surface area contributed by atoms with E-state index in [1.807, 2.05) is 6.92 Å². The van der Waals surface area contributed by atoms with Gasteiger partial charge in [0.15, 0.2) is 0 Å². The second-order valence-electron chi connectivity index (χ2n) is 3.82. The predicted octanol–water partition coefficient (Wildman–Crippen LogP) is 2.30. The molecule has 0 amide bonds. The molecule has 0 radical (unpaired) electrons. The number of aryl methyl sites for hydroxylation is 1. The Labute approximate surface area is 82.6 Å². The molecule has 0 aromatic carbocycles. The van der Waals surface area contributed by atoms with Gasteiger partial charge in [0.1, 0.15) is 5.01 Å². The van der Waals surface area contributed by atoms with Crippen molar-refractivity contribution in [3.8, 4) is 0 Å². The van der Waals surface area contributed by atoms with Gasteiger partial charge in [0, 0.05) is 6.54 Å². The number of nitrogens with one attached hydrogen (secondary N) is 1. The molecular formula is C9H15N3S. The van der Waals surface area contributed by atoms with Crippen LogP contribution in [0.25, 0.3) is 0 Å². The summed E-state index contributed by atoms with van der Waals surface area (Å²) in [5, 5.41) is 13.3. The van der Waals surface area contributed by atoms with Crippen molar-refractivity contribution in [2.45, 2.75) is 26.7 Å². The standard InChI is InChI=1S/C9H15N3S/c1-6(8-3-4-8)5-10-9-12-11-7(2)13-9/h6,8H,3-5H2,1-2H3,(H,10,12). The number of hydrogen-bond donors (Lipinski definition) is 1. The van der Waals surface area contributed by atoms with Gasteiger partial charge in [-0.3, -0.25) is 0 Å². The Balaban J connectivity index is 1.78. The zero-order valence-corrected chi connectivity index (χ0v) is 8.90. The van der Waals surface area contributed by atoms with Crippen molar-refractivity contribution in [2.24, 2.45) is 11.8 Å². The normalized spacial score (nSPS) is 18.6. The summed E-state index contributed by atoms with van der Waals surface area (Å²) in [5.41, 5.74) is 0. The van der Waals surface area contributed by atoms with Crippen LogP contribution in [0.5, 0.6) is 0 Å². The topological polar surface area (TPSA) is 37.8 Å². The molecule has 1 aromatic heterocycles. The Morgan fingerprint density at radius 1 is 1.54 bits per heavy atom. The van der Waals surface area contributed by atoms with Crippen LogP contribution in [0.3, 0.4) is 0 Å². The highest BCUT2D eigenvalue weighted by Crippen LogP contribution is 2.36. The van der Waals surface area contributed by atoms with Gasteiger partial charge < -0.3 is 5.32 Å². The summed E-state index contributed by atoms with van der Waals surface area (Å²) in [7, 11) is 0. The molecule has 3 nitrogen and oxygen atoms in total. The average Bonchev–Trinajstić information content (AvgIpc) is 2.87.